The van der Waals surface area contributed by atoms with Gasteiger partial charge in [0.05, 0.1) is 24.3 Å². The molecule has 10 heterocycles. The van der Waals surface area contributed by atoms with Crippen molar-refractivity contribution in [2.75, 3.05) is 59.8 Å². The number of amides is 2. The van der Waals surface area contributed by atoms with Gasteiger partial charge < -0.3 is 39.8 Å². The summed E-state index contributed by atoms with van der Waals surface area (Å²) in [7, 11) is -8.98. The molecule has 7 aromatic rings. The minimum atomic E-state index is -4.50. The Kier molecular flexibility index (Phi) is 15.2. The number of aromatic nitrogens is 8. The van der Waals surface area contributed by atoms with Crippen molar-refractivity contribution in [3.8, 4) is 34.9 Å². The van der Waals surface area contributed by atoms with Crippen LogP contribution in [0.15, 0.2) is 113 Å². The molecule has 4 aliphatic heterocycles. The monoisotopic (exact) mass is 1360 g/mol. The van der Waals surface area contributed by atoms with Crippen LogP contribution in [0.1, 0.15) is 157 Å². The summed E-state index contributed by atoms with van der Waals surface area (Å²) in [6, 6.07) is 25.7. The van der Waals surface area contributed by atoms with E-state index in [1.807, 2.05) is 48.7 Å². The van der Waals surface area contributed by atoms with Crippen molar-refractivity contribution in [1.29, 1.82) is 0 Å². The molecule has 6 aliphatic carbocycles. The van der Waals surface area contributed by atoms with Gasteiger partial charge >= 0.3 is 0 Å². The summed E-state index contributed by atoms with van der Waals surface area (Å²) in [5.74, 6) is 3.70. The normalized spacial score (nSPS) is 24.0. The average molecular weight is 1360 g/mol. The Hall–Kier alpha value is -8.52. The van der Waals surface area contributed by atoms with Gasteiger partial charge in [-0.15, -0.1) is 10.2 Å². The number of anilines is 4. The van der Waals surface area contributed by atoms with Crippen LogP contribution in [0.3, 0.4) is 0 Å². The molecule has 4 spiro atoms. The van der Waals surface area contributed by atoms with Crippen LogP contribution < -0.4 is 44.1 Å². The average Bonchev–Trinajstić information content (AvgIpc) is 1.45. The lowest BCUT2D eigenvalue weighted by molar-refractivity contribution is 0.0972. The number of sulfonamides is 2. The number of carbonyl (C=O) groups excluding carboxylic acids is 2. The summed E-state index contributed by atoms with van der Waals surface area (Å²) < 4.78 is 80.3. The molecule has 24 nitrogen and oxygen atoms in total. The predicted octanol–water partition coefficient (Wildman–Crippen LogP) is 10.4. The summed E-state index contributed by atoms with van der Waals surface area (Å²) in [5.41, 5.74) is 3.05. The lowest BCUT2D eigenvalue weighted by Crippen LogP contribution is -2.41. The number of hydrogen-bond donors (Lipinski definition) is 5. The molecule has 0 unspecified atom stereocenters. The summed E-state index contributed by atoms with van der Waals surface area (Å²) >= 11 is 0. The van der Waals surface area contributed by atoms with E-state index in [0.717, 1.165) is 68.8 Å². The van der Waals surface area contributed by atoms with Crippen molar-refractivity contribution in [2.45, 2.75) is 158 Å². The van der Waals surface area contributed by atoms with E-state index >= 15 is 0 Å². The number of pyridine rings is 4. The Bertz CT molecular complexity index is 4450. The quantitative estimate of drug-likeness (QED) is 0.0717. The van der Waals surface area contributed by atoms with Crippen LogP contribution in [0, 0.1) is 45.3 Å². The zero-order valence-electron chi connectivity index (χ0n) is 55.3. The summed E-state index contributed by atoms with van der Waals surface area (Å²) in [5, 5.41) is 25.1. The molecule has 0 radical (unpaired) electrons. The molecule has 8 bridgehead atoms. The van der Waals surface area contributed by atoms with Crippen LogP contribution in [0.25, 0.3) is 11.6 Å². The highest BCUT2D eigenvalue weighted by Crippen LogP contribution is 2.94. The number of fused-ring (bicyclic) bond motifs is 14. The second-order valence-corrected chi connectivity index (χ2v) is 33.3. The molecule has 8 fully saturated rings. The van der Waals surface area contributed by atoms with E-state index in [2.05, 4.69) is 77.7 Å². The number of ether oxygens (including phenoxy) is 3. The fraction of sp³-hybridized carbons (Fsp3) is 0.521. The standard InChI is InChI=1S/C39H45N7O5S.C32H39N7O5S/c1-37(2)23-27-9-6-20-40-31-12-11-29(51-25-26-7-4-3-5-8-26)36(41-31)52(48,49)44-35(47)28-10-13-32(42-34(28)45(37)24-27)46-21-14-33(43-46)50-22-15-30-38(16-17-38)39(30)18-19-39;1-30(2)18-20-4-3-15-33-24-7-6-22(40)29(34-24)45(42,43)37-28(41)21-5-8-25(35-27(21)38(30)19-20)39-16-9-26(36-39)44-17-10-23-31(11-12-31)32(23)13-14-32/h3-5,7-8,10-14,21,27,30H,6,9,15-20,22-25H2,1-2H3,(H,40,41)(H,44,47);5-9,16,20,23,40H,3-4,10-15,17-19H2,1-2H3,(H,33,34)(H,37,41)/t27-;20-/m00/s1. The van der Waals surface area contributed by atoms with Crippen LogP contribution in [0.4, 0.5) is 23.3 Å². The molecule has 1 aromatic carbocycles. The van der Waals surface area contributed by atoms with E-state index in [1.165, 1.54) is 63.5 Å². The van der Waals surface area contributed by atoms with Crippen molar-refractivity contribution in [3.05, 3.63) is 120 Å². The molecular formula is C71H84N14O10S2. The molecule has 10 aliphatic rings. The van der Waals surface area contributed by atoms with E-state index in [4.69, 9.17) is 24.2 Å². The van der Waals surface area contributed by atoms with Gasteiger partial charge in [0.15, 0.2) is 23.1 Å². The van der Waals surface area contributed by atoms with Gasteiger partial charge in [0, 0.05) is 61.8 Å². The zero-order chi connectivity index (χ0) is 66.9. The number of carbonyl (C=O) groups is 2. The first-order valence-corrected chi connectivity index (χ1v) is 37.5. The third kappa shape index (κ3) is 11.6. The highest BCUT2D eigenvalue weighted by molar-refractivity contribution is 7.90. The lowest BCUT2D eigenvalue weighted by Gasteiger charge is -2.34. The summed E-state index contributed by atoms with van der Waals surface area (Å²) in [6.07, 6.45) is 22.2. The topological polar surface area (TPSA) is 292 Å². The van der Waals surface area contributed by atoms with Gasteiger partial charge in [-0.05, 0) is 230 Å². The molecule has 6 aromatic heterocycles. The van der Waals surface area contributed by atoms with Crippen molar-refractivity contribution in [2.24, 2.45) is 45.3 Å². The van der Waals surface area contributed by atoms with Gasteiger partial charge in [-0.25, -0.2) is 38.7 Å². The fourth-order valence-corrected chi connectivity index (χ4v) is 20.1. The van der Waals surface area contributed by atoms with Gasteiger partial charge in [-0.3, -0.25) is 9.59 Å². The van der Waals surface area contributed by atoms with Gasteiger partial charge in [0.1, 0.15) is 29.9 Å². The maximum Gasteiger partial charge on any atom is 0.285 e. The number of hydrogen-bond acceptors (Lipinski definition) is 20. The van der Waals surface area contributed by atoms with Gasteiger partial charge in [-0.1, -0.05) is 30.3 Å². The number of nitrogens with one attached hydrogen (secondary N) is 4. The fourth-order valence-electron chi connectivity index (χ4n) is 18.1. The SMILES string of the molecule is CC1(C)C[C@@H]2CCCNc3ccc(O)c(n3)S(=O)(=O)NC(=O)c3ccc(-n4ccc(OCCC5C6(CC6)C56CC6)n4)nc3N1C2.CC1(C)C[C@@H]2CCCNc3ccc(OCc4ccccc4)c(n3)S(=O)(=O)NC(=O)c3ccc(-n4ccc(OCCC5C6(CC6)C56CC6)n4)nc3N1C2. The number of nitrogens with zero attached hydrogens (tertiary/aromatic N) is 10. The minimum absolute atomic E-state index is 0.0459. The molecule has 2 saturated heterocycles. The van der Waals surface area contributed by atoms with Crippen LogP contribution >= 0.6 is 0 Å². The molecule has 2 amide bonds. The first-order valence-electron chi connectivity index (χ1n) is 34.5. The lowest BCUT2D eigenvalue weighted by atomic mass is 9.93. The summed E-state index contributed by atoms with van der Waals surface area (Å²) in [6.45, 7) is 12.5. The Morgan fingerprint density at radius 3 is 1.46 bits per heavy atom. The Balaban J connectivity index is 0.000000154. The molecule has 17 rings (SSSR count). The highest BCUT2D eigenvalue weighted by Gasteiger charge is 2.86. The second kappa shape index (κ2) is 23.3. The van der Waals surface area contributed by atoms with Crippen molar-refractivity contribution >= 4 is 55.1 Å². The van der Waals surface area contributed by atoms with Crippen LogP contribution in [-0.2, 0) is 26.7 Å². The number of aromatic hydroxyl groups is 1. The highest BCUT2D eigenvalue weighted by atomic mass is 32.2. The first-order chi connectivity index (χ1) is 46.6. The van der Waals surface area contributed by atoms with Gasteiger partial charge in [-0.2, -0.15) is 16.8 Å². The smallest absolute Gasteiger partial charge is 0.285 e. The Labute approximate surface area is 565 Å². The van der Waals surface area contributed by atoms with Gasteiger partial charge in [0.25, 0.3) is 31.9 Å². The predicted molar refractivity (Wildman–Crippen MR) is 361 cm³/mol. The zero-order valence-corrected chi connectivity index (χ0v) is 56.9. The first kappa shape index (κ1) is 63.2. The second-order valence-electron chi connectivity index (χ2n) is 30.1. The van der Waals surface area contributed by atoms with E-state index in [-0.39, 0.29) is 39.6 Å². The molecule has 97 heavy (non-hydrogen) atoms. The van der Waals surface area contributed by atoms with E-state index in [1.54, 1.807) is 52.0 Å². The van der Waals surface area contributed by atoms with Crippen molar-refractivity contribution < 1.29 is 45.7 Å². The maximum atomic E-state index is 14.1. The van der Waals surface area contributed by atoms with Gasteiger partial charge in [0.2, 0.25) is 21.8 Å². The number of rotatable bonds is 13. The summed E-state index contributed by atoms with van der Waals surface area (Å²) in [4.78, 5) is 50.4. The van der Waals surface area contributed by atoms with Crippen molar-refractivity contribution in [3.63, 3.8) is 0 Å². The Morgan fingerprint density at radius 2 is 0.990 bits per heavy atom. The largest absolute Gasteiger partial charge is 0.505 e. The van der Waals surface area contributed by atoms with E-state index < -0.39 is 42.6 Å². The van der Waals surface area contributed by atoms with E-state index in [0.29, 0.717) is 120 Å². The molecule has 510 valence electrons. The Morgan fingerprint density at radius 1 is 0.536 bits per heavy atom. The third-order valence-corrected chi connectivity index (χ3v) is 25.8. The van der Waals surface area contributed by atoms with E-state index in [9.17, 15) is 31.5 Å². The molecule has 2 atom stereocenters. The van der Waals surface area contributed by atoms with Crippen molar-refractivity contribution in [1.82, 2.24) is 48.9 Å². The number of benzene rings is 1. The third-order valence-electron chi connectivity index (χ3n) is 23.2. The van der Waals surface area contributed by atoms with Crippen LogP contribution in [-0.4, -0.2) is 124 Å². The van der Waals surface area contributed by atoms with Crippen LogP contribution in [0.2, 0.25) is 0 Å². The molecular weight excluding hydrogens is 1270 g/mol. The molecule has 5 N–H and O–H groups in total. The minimum Gasteiger partial charge on any atom is -0.505 e. The molecule has 26 heteroatoms. The molecule has 6 saturated carbocycles. The van der Waals surface area contributed by atoms with Crippen LogP contribution in [0.5, 0.6) is 23.3 Å². The maximum absolute atomic E-state index is 14.1.